The van der Waals surface area contributed by atoms with Crippen LogP contribution in [0.15, 0.2) is 60.7 Å². The molecule has 0 amide bonds. The van der Waals surface area contributed by atoms with Gasteiger partial charge < -0.3 is 9.84 Å². The fraction of sp³-hybridized carbons (Fsp3) is 0.200. The van der Waals surface area contributed by atoms with E-state index < -0.39 is 5.79 Å². The van der Waals surface area contributed by atoms with Gasteiger partial charge >= 0.3 is 0 Å². The van der Waals surface area contributed by atoms with E-state index in [-0.39, 0.29) is 0 Å². The summed E-state index contributed by atoms with van der Waals surface area (Å²) in [5.41, 5.74) is 1.05. The lowest BCUT2D eigenvalue weighted by Crippen LogP contribution is -2.34. The minimum absolute atomic E-state index is 0.461. The number of hydrogen-bond donors (Lipinski definition) is 1. The minimum Gasteiger partial charge on any atom is -0.463 e. The summed E-state index contributed by atoms with van der Waals surface area (Å²) in [7, 11) is 0. The molecule has 0 aliphatic rings. The first-order valence-corrected chi connectivity index (χ1v) is 5.66. The summed E-state index contributed by atoms with van der Waals surface area (Å²) in [5.74, 6) is -0.517. The third kappa shape index (κ3) is 3.61. The molecular formula is C15H16O2. The number of benzene rings is 2. The molecule has 0 spiro atoms. The zero-order chi connectivity index (χ0) is 12.1. The summed E-state index contributed by atoms with van der Waals surface area (Å²) < 4.78 is 5.56. The van der Waals surface area contributed by atoms with E-state index in [0.717, 1.165) is 5.56 Å². The second-order valence-electron chi connectivity index (χ2n) is 4.25. The zero-order valence-corrected chi connectivity index (χ0v) is 9.84. The van der Waals surface area contributed by atoms with E-state index in [1.165, 1.54) is 0 Å². The van der Waals surface area contributed by atoms with Crippen LogP contribution in [0, 0.1) is 0 Å². The maximum atomic E-state index is 10.2. The van der Waals surface area contributed by atoms with Crippen LogP contribution in [0.3, 0.4) is 0 Å². The van der Waals surface area contributed by atoms with Crippen molar-refractivity contribution in [2.24, 2.45) is 0 Å². The van der Waals surface area contributed by atoms with Gasteiger partial charge in [0.1, 0.15) is 5.75 Å². The van der Waals surface area contributed by atoms with Gasteiger partial charge in [0.25, 0.3) is 0 Å². The fourth-order valence-electron chi connectivity index (χ4n) is 1.75. The summed E-state index contributed by atoms with van der Waals surface area (Å²) in [4.78, 5) is 0. The maximum absolute atomic E-state index is 10.2. The monoisotopic (exact) mass is 228 g/mol. The van der Waals surface area contributed by atoms with Crippen molar-refractivity contribution in [1.29, 1.82) is 0 Å². The molecule has 2 aromatic carbocycles. The smallest absolute Gasteiger partial charge is 0.209 e. The van der Waals surface area contributed by atoms with E-state index in [1.807, 2.05) is 60.7 Å². The molecule has 2 nitrogen and oxygen atoms in total. The van der Waals surface area contributed by atoms with Crippen molar-refractivity contribution in [3.8, 4) is 5.75 Å². The largest absolute Gasteiger partial charge is 0.463 e. The van der Waals surface area contributed by atoms with Crippen LogP contribution in [-0.4, -0.2) is 10.9 Å². The van der Waals surface area contributed by atoms with Gasteiger partial charge in [-0.1, -0.05) is 48.5 Å². The first-order chi connectivity index (χ1) is 8.16. The molecule has 0 fully saturated rings. The Kier molecular flexibility index (Phi) is 3.45. The lowest BCUT2D eigenvalue weighted by Gasteiger charge is -2.24. The van der Waals surface area contributed by atoms with Crippen LogP contribution >= 0.6 is 0 Å². The highest BCUT2D eigenvalue weighted by Gasteiger charge is 2.22. The third-order valence-corrected chi connectivity index (χ3v) is 2.46. The van der Waals surface area contributed by atoms with Crippen molar-refractivity contribution in [3.05, 3.63) is 66.2 Å². The number of ether oxygens (including phenoxy) is 1. The van der Waals surface area contributed by atoms with Crippen molar-refractivity contribution in [2.75, 3.05) is 0 Å². The van der Waals surface area contributed by atoms with Crippen LogP contribution in [0.2, 0.25) is 0 Å². The summed E-state index contributed by atoms with van der Waals surface area (Å²) in [5, 5.41) is 10.2. The third-order valence-electron chi connectivity index (χ3n) is 2.46. The Bertz CT molecular complexity index is 405. The maximum Gasteiger partial charge on any atom is 0.209 e. The zero-order valence-electron chi connectivity index (χ0n) is 9.84. The normalized spacial score (nSPS) is 14.0. The molecule has 0 aliphatic heterocycles. The molecule has 1 unspecified atom stereocenters. The number of rotatable bonds is 4. The number of para-hydroxylation sites is 1. The van der Waals surface area contributed by atoms with Crippen molar-refractivity contribution in [3.63, 3.8) is 0 Å². The number of aliphatic hydroxyl groups is 1. The molecule has 17 heavy (non-hydrogen) atoms. The Morgan fingerprint density at radius 3 is 2.06 bits per heavy atom. The second-order valence-corrected chi connectivity index (χ2v) is 4.25. The van der Waals surface area contributed by atoms with E-state index in [4.69, 9.17) is 4.74 Å². The fourth-order valence-corrected chi connectivity index (χ4v) is 1.75. The average molecular weight is 228 g/mol. The van der Waals surface area contributed by atoms with E-state index in [9.17, 15) is 5.11 Å². The van der Waals surface area contributed by atoms with Gasteiger partial charge in [0.05, 0.1) is 0 Å². The van der Waals surface area contributed by atoms with E-state index in [2.05, 4.69) is 0 Å². The van der Waals surface area contributed by atoms with Crippen LogP contribution in [0.5, 0.6) is 5.75 Å². The van der Waals surface area contributed by atoms with Crippen molar-refractivity contribution in [1.82, 2.24) is 0 Å². The quantitative estimate of drug-likeness (QED) is 0.815. The van der Waals surface area contributed by atoms with Gasteiger partial charge in [-0.15, -0.1) is 0 Å². The molecule has 0 saturated heterocycles. The highest BCUT2D eigenvalue weighted by atomic mass is 16.6. The standard InChI is InChI=1S/C15H16O2/c1-15(16,12-13-8-4-2-5-9-13)17-14-10-6-3-7-11-14/h2-11,16H,12H2,1H3. The summed E-state index contributed by atoms with van der Waals surface area (Å²) in [6.45, 7) is 1.67. The molecule has 2 heteroatoms. The lowest BCUT2D eigenvalue weighted by molar-refractivity contribution is -0.120. The molecule has 0 radical (unpaired) electrons. The SMILES string of the molecule is CC(O)(Cc1ccccc1)Oc1ccccc1. The van der Waals surface area contributed by atoms with Gasteiger partial charge in [-0.25, -0.2) is 0 Å². The predicted octanol–water partition coefficient (Wildman–Crippen LogP) is 3.02. The second kappa shape index (κ2) is 5.02. The highest BCUT2D eigenvalue weighted by Crippen LogP contribution is 2.19. The van der Waals surface area contributed by atoms with Crippen molar-refractivity contribution < 1.29 is 9.84 Å². The Balaban J connectivity index is 2.04. The summed E-state index contributed by atoms with van der Waals surface area (Å²) in [6.07, 6.45) is 0.461. The van der Waals surface area contributed by atoms with Crippen LogP contribution < -0.4 is 4.74 Å². The molecule has 2 rings (SSSR count). The summed E-state index contributed by atoms with van der Waals surface area (Å²) >= 11 is 0. The van der Waals surface area contributed by atoms with E-state index in [0.29, 0.717) is 12.2 Å². The Labute approximate surface area is 101 Å². The Morgan fingerprint density at radius 1 is 0.941 bits per heavy atom. The highest BCUT2D eigenvalue weighted by molar-refractivity contribution is 5.22. The molecule has 0 aromatic heterocycles. The van der Waals surface area contributed by atoms with Crippen LogP contribution in [-0.2, 0) is 6.42 Å². The molecule has 1 atom stereocenters. The number of hydrogen-bond acceptors (Lipinski definition) is 2. The van der Waals surface area contributed by atoms with Crippen LogP contribution in [0.4, 0.5) is 0 Å². The van der Waals surface area contributed by atoms with Gasteiger partial charge in [0.2, 0.25) is 5.79 Å². The first-order valence-electron chi connectivity index (χ1n) is 5.66. The van der Waals surface area contributed by atoms with Gasteiger partial charge in [-0.3, -0.25) is 0 Å². The van der Waals surface area contributed by atoms with Crippen LogP contribution in [0.25, 0.3) is 0 Å². The van der Waals surface area contributed by atoms with Gasteiger partial charge in [0, 0.05) is 13.3 Å². The van der Waals surface area contributed by atoms with Gasteiger partial charge in [-0.2, -0.15) is 0 Å². The predicted molar refractivity (Wildman–Crippen MR) is 67.8 cm³/mol. The van der Waals surface area contributed by atoms with E-state index >= 15 is 0 Å². The molecular weight excluding hydrogens is 212 g/mol. The molecule has 88 valence electrons. The van der Waals surface area contributed by atoms with Crippen molar-refractivity contribution in [2.45, 2.75) is 19.1 Å². The molecule has 1 N–H and O–H groups in total. The molecule has 0 aliphatic carbocycles. The average Bonchev–Trinajstić information content (AvgIpc) is 2.30. The van der Waals surface area contributed by atoms with Crippen LogP contribution in [0.1, 0.15) is 12.5 Å². The van der Waals surface area contributed by atoms with Crippen molar-refractivity contribution >= 4 is 0 Å². The minimum atomic E-state index is -1.19. The lowest BCUT2D eigenvalue weighted by atomic mass is 10.1. The molecule has 0 heterocycles. The first kappa shape index (κ1) is 11.7. The van der Waals surface area contributed by atoms with Gasteiger partial charge in [-0.05, 0) is 17.7 Å². The Morgan fingerprint density at radius 2 is 1.47 bits per heavy atom. The molecule has 0 bridgehead atoms. The summed E-state index contributed by atoms with van der Waals surface area (Å²) in [6, 6.07) is 19.2. The molecule has 2 aromatic rings. The topological polar surface area (TPSA) is 29.5 Å². The Hall–Kier alpha value is -1.80. The van der Waals surface area contributed by atoms with Gasteiger partial charge in [0.15, 0.2) is 0 Å². The van der Waals surface area contributed by atoms with E-state index in [1.54, 1.807) is 6.92 Å². The molecule has 0 saturated carbocycles.